The van der Waals surface area contributed by atoms with E-state index in [9.17, 15) is 9.59 Å². The van der Waals surface area contributed by atoms with E-state index < -0.39 is 11.5 Å². The number of hydrogen-bond acceptors (Lipinski definition) is 4. The summed E-state index contributed by atoms with van der Waals surface area (Å²) in [6.45, 7) is 2.34. The second-order valence-electron chi connectivity index (χ2n) is 8.39. The molecule has 158 valence electrons. The van der Waals surface area contributed by atoms with Crippen LogP contribution >= 0.6 is 0 Å². The molecule has 6 rings (SSSR count). The van der Waals surface area contributed by atoms with Gasteiger partial charge in [-0.25, -0.2) is 9.50 Å². The average Bonchev–Trinajstić information content (AvgIpc) is 3.52. The van der Waals surface area contributed by atoms with Crippen molar-refractivity contribution in [1.29, 1.82) is 0 Å². The lowest BCUT2D eigenvalue weighted by Gasteiger charge is -2.34. The molecule has 4 heterocycles. The normalized spacial score (nSPS) is 21.8. The summed E-state index contributed by atoms with van der Waals surface area (Å²) >= 11 is 0. The fourth-order valence-corrected chi connectivity index (χ4v) is 5.36. The molecule has 1 spiro atoms. The van der Waals surface area contributed by atoms with Crippen molar-refractivity contribution in [3.8, 4) is 0 Å². The maximum atomic E-state index is 13.9. The smallest absolute Gasteiger partial charge is 0.257 e. The Morgan fingerprint density at radius 3 is 2.72 bits per heavy atom. The molecule has 1 saturated heterocycles. The SMILES string of the molecule is Cc1c(C(=O)N2CC[C@]3(C(=O)Nc4ccccc43)[C@@H]2c2ccccc2)cnc2ccnn12. The van der Waals surface area contributed by atoms with Crippen molar-refractivity contribution in [2.24, 2.45) is 0 Å². The summed E-state index contributed by atoms with van der Waals surface area (Å²) in [6, 6.07) is 19.0. The van der Waals surface area contributed by atoms with Gasteiger partial charge in [0.05, 0.1) is 23.5 Å². The van der Waals surface area contributed by atoms with Gasteiger partial charge in [-0.2, -0.15) is 5.10 Å². The van der Waals surface area contributed by atoms with Crippen molar-refractivity contribution in [3.63, 3.8) is 0 Å². The van der Waals surface area contributed by atoms with Gasteiger partial charge < -0.3 is 10.2 Å². The van der Waals surface area contributed by atoms with Crippen molar-refractivity contribution in [2.45, 2.75) is 24.8 Å². The van der Waals surface area contributed by atoms with E-state index in [1.54, 1.807) is 23.0 Å². The van der Waals surface area contributed by atoms with Crippen molar-refractivity contribution in [1.82, 2.24) is 19.5 Å². The third kappa shape index (κ3) is 2.42. The van der Waals surface area contributed by atoms with Crippen LogP contribution in [0.3, 0.4) is 0 Å². The number of carbonyl (C=O) groups is 2. The molecule has 4 aromatic rings. The monoisotopic (exact) mass is 423 g/mol. The van der Waals surface area contributed by atoms with Crippen LogP contribution in [0.25, 0.3) is 5.65 Å². The van der Waals surface area contributed by atoms with Crippen LogP contribution in [0.5, 0.6) is 0 Å². The summed E-state index contributed by atoms with van der Waals surface area (Å²) in [7, 11) is 0. The zero-order valence-electron chi connectivity index (χ0n) is 17.5. The van der Waals surface area contributed by atoms with E-state index in [0.29, 0.717) is 24.2 Å². The lowest BCUT2D eigenvalue weighted by Crippen LogP contribution is -2.42. The number of aromatic nitrogens is 3. The molecule has 0 unspecified atom stereocenters. The molecule has 2 aromatic heterocycles. The van der Waals surface area contributed by atoms with Crippen molar-refractivity contribution >= 4 is 23.1 Å². The molecule has 2 aliphatic rings. The van der Waals surface area contributed by atoms with E-state index >= 15 is 0 Å². The molecule has 7 heteroatoms. The Kier molecular flexibility index (Phi) is 3.95. The molecule has 0 saturated carbocycles. The quantitative estimate of drug-likeness (QED) is 0.535. The summed E-state index contributed by atoms with van der Waals surface area (Å²) in [4.78, 5) is 33.6. The summed E-state index contributed by atoms with van der Waals surface area (Å²) < 4.78 is 1.67. The van der Waals surface area contributed by atoms with Gasteiger partial charge in [-0.1, -0.05) is 48.5 Å². The van der Waals surface area contributed by atoms with E-state index in [1.807, 2.05) is 66.4 Å². The highest BCUT2D eigenvalue weighted by Gasteiger charge is 2.59. The number of para-hydroxylation sites is 1. The van der Waals surface area contributed by atoms with E-state index in [-0.39, 0.29) is 11.8 Å². The van der Waals surface area contributed by atoms with Gasteiger partial charge in [-0.05, 0) is 30.5 Å². The maximum Gasteiger partial charge on any atom is 0.257 e. The molecule has 2 amide bonds. The Hall–Kier alpha value is -4.00. The van der Waals surface area contributed by atoms with E-state index in [4.69, 9.17) is 0 Å². The maximum absolute atomic E-state index is 13.9. The number of likely N-dealkylation sites (tertiary alicyclic amines) is 1. The fourth-order valence-electron chi connectivity index (χ4n) is 5.36. The summed E-state index contributed by atoms with van der Waals surface area (Å²) in [5, 5.41) is 7.36. The predicted molar refractivity (Wildman–Crippen MR) is 119 cm³/mol. The molecule has 1 N–H and O–H groups in total. The molecule has 2 aliphatic heterocycles. The number of benzene rings is 2. The largest absolute Gasteiger partial charge is 0.330 e. The number of rotatable bonds is 2. The first-order valence-corrected chi connectivity index (χ1v) is 10.7. The van der Waals surface area contributed by atoms with Gasteiger partial charge in [0, 0.05) is 24.5 Å². The van der Waals surface area contributed by atoms with Crippen LogP contribution < -0.4 is 5.32 Å². The highest BCUT2D eigenvalue weighted by molar-refractivity contribution is 6.08. The molecule has 32 heavy (non-hydrogen) atoms. The van der Waals surface area contributed by atoms with Gasteiger partial charge >= 0.3 is 0 Å². The zero-order chi connectivity index (χ0) is 21.9. The highest BCUT2D eigenvalue weighted by Crippen LogP contribution is 2.54. The van der Waals surface area contributed by atoms with Gasteiger partial charge in [-0.3, -0.25) is 9.59 Å². The predicted octanol–water partition coefficient (Wildman–Crippen LogP) is 3.52. The second kappa shape index (κ2) is 6.75. The first-order chi connectivity index (χ1) is 15.6. The minimum Gasteiger partial charge on any atom is -0.330 e. The third-order valence-electron chi connectivity index (χ3n) is 6.85. The van der Waals surface area contributed by atoms with Gasteiger partial charge in [0.15, 0.2) is 5.65 Å². The van der Waals surface area contributed by atoms with Gasteiger partial charge in [0.2, 0.25) is 5.91 Å². The molecular weight excluding hydrogens is 402 g/mol. The van der Waals surface area contributed by atoms with Crippen molar-refractivity contribution < 1.29 is 9.59 Å². The standard InChI is InChI=1S/C25H21N5O2/c1-16-18(15-26-21-11-13-27-30(16)21)23(31)29-14-12-25(22(29)17-7-3-2-4-8-17)19-9-5-6-10-20(19)28-24(25)32/h2-11,13,15,22H,12,14H2,1H3,(H,28,32)/t22-,25+/m0/s1. The van der Waals surface area contributed by atoms with Crippen LogP contribution in [-0.4, -0.2) is 37.9 Å². The van der Waals surface area contributed by atoms with Crippen LogP contribution in [0, 0.1) is 6.92 Å². The van der Waals surface area contributed by atoms with E-state index in [1.165, 1.54) is 0 Å². The first-order valence-electron chi connectivity index (χ1n) is 10.7. The summed E-state index contributed by atoms with van der Waals surface area (Å²) in [6.07, 6.45) is 3.84. The number of aryl methyl sites for hydroxylation is 1. The molecule has 2 atom stereocenters. The molecular formula is C25H21N5O2. The number of anilines is 1. The number of nitrogens with zero attached hydrogens (tertiary/aromatic N) is 4. The first kappa shape index (κ1) is 18.7. The summed E-state index contributed by atoms with van der Waals surface area (Å²) in [5.74, 6) is -0.199. The fraction of sp³-hybridized carbons (Fsp3) is 0.200. The lowest BCUT2D eigenvalue weighted by atomic mass is 9.72. The van der Waals surface area contributed by atoms with Crippen molar-refractivity contribution in [3.05, 3.63) is 95.4 Å². The number of fused-ring (bicyclic) bond motifs is 3. The van der Waals surface area contributed by atoms with E-state index in [2.05, 4.69) is 15.4 Å². The number of nitrogens with one attached hydrogen (secondary N) is 1. The van der Waals surface area contributed by atoms with Crippen LogP contribution in [0.1, 0.15) is 39.6 Å². The van der Waals surface area contributed by atoms with Crippen LogP contribution in [-0.2, 0) is 10.2 Å². The summed E-state index contributed by atoms with van der Waals surface area (Å²) in [5.41, 5.74) is 3.80. The second-order valence-corrected chi connectivity index (χ2v) is 8.39. The lowest BCUT2D eigenvalue weighted by molar-refractivity contribution is -0.121. The Morgan fingerprint density at radius 1 is 1.09 bits per heavy atom. The number of hydrogen-bond donors (Lipinski definition) is 1. The Balaban J connectivity index is 1.52. The zero-order valence-corrected chi connectivity index (χ0v) is 17.5. The third-order valence-corrected chi connectivity index (χ3v) is 6.85. The van der Waals surface area contributed by atoms with Gasteiger partial charge in [0.1, 0.15) is 5.41 Å². The molecule has 2 aromatic carbocycles. The van der Waals surface area contributed by atoms with Crippen LogP contribution in [0.2, 0.25) is 0 Å². The molecule has 7 nitrogen and oxygen atoms in total. The van der Waals surface area contributed by atoms with Crippen LogP contribution in [0.15, 0.2) is 73.1 Å². The minimum atomic E-state index is -0.829. The van der Waals surface area contributed by atoms with Crippen LogP contribution in [0.4, 0.5) is 5.69 Å². The van der Waals surface area contributed by atoms with Crippen molar-refractivity contribution in [2.75, 3.05) is 11.9 Å². The molecule has 0 bridgehead atoms. The highest BCUT2D eigenvalue weighted by atomic mass is 16.2. The topological polar surface area (TPSA) is 79.6 Å². The molecule has 0 aliphatic carbocycles. The Labute approximate surface area is 184 Å². The molecule has 1 fully saturated rings. The number of carbonyl (C=O) groups excluding carboxylic acids is 2. The average molecular weight is 423 g/mol. The van der Waals surface area contributed by atoms with E-state index in [0.717, 1.165) is 22.5 Å². The van der Waals surface area contributed by atoms with Gasteiger partial charge in [-0.15, -0.1) is 0 Å². The Morgan fingerprint density at radius 2 is 1.88 bits per heavy atom. The van der Waals surface area contributed by atoms with Gasteiger partial charge in [0.25, 0.3) is 5.91 Å². The minimum absolute atomic E-state index is 0.0553. The molecule has 0 radical (unpaired) electrons. The number of amides is 2. The Bertz CT molecular complexity index is 1380.